The first kappa shape index (κ1) is 15.9. The van der Waals surface area contributed by atoms with Crippen LogP contribution >= 0.6 is 11.8 Å². The molecular weight excluding hydrogens is 278 g/mol. The maximum Gasteiger partial charge on any atom is 0.230 e. The first-order valence-corrected chi connectivity index (χ1v) is 8.72. The van der Waals surface area contributed by atoms with E-state index in [0.717, 1.165) is 11.3 Å². The van der Waals surface area contributed by atoms with E-state index in [0.29, 0.717) is 5.75 Å². The Hall–Kier alpha value is -1.48. The normalized spacial score (nSPS) is 12.3. The van der Waals surface area contributed by atoms with E-state index in [9.17, 15) is 4.79 Å². The number of thioether (sulfide) groups is 1. The van der Waals surface area contributed by atoms with Gasteiger partial charge in [-0.3, -0.25) is 4.79 Å². The third-order valence-corrected chi connectivity index (χ3v) is 4.57. The van der Waals surface area contributed by atoms with Crippen LogP contribution in [-0.2, 0) is 4.79 Å². The Morgan fingerprint density at radius 2 is 1.95 bits per heavy atom. The van der Waals surface area contributed by atoms with Crippen molar-refractivity contribution in [1.82, 2.24) is 5.32 Å². The highest BCUT2D eigenvalue weighted by molar-refractivity contribution is 7.99. The molecule has 0 aromatic heterocycles. The van der Waals surface area contributed by atoms with Crippen LogP contribution in [0.5, 0.6) is 0 Å². The Balaban J connectivity index is 1.92. The fourth-order valence-corrected chi connectivity index (χ4v) is 3.16. The molecule has 0 bridgehead atoms. The Morgan fingerprint density at radius 3 is 2.71 bits per heavy atom. The smallest absolute Gasteiger partial charge is 0.230 e. The number of hydrogen-bond acceptors (Lipinski definition) is 2. The lowest BCUT2D eigenvalue weighted by Crippen LogP contribution is -2.28. The van der Waals surface area contributed by atoms with E-state index in [2.05, 4.69) is 42.6 Å². The second kappa shape index (κ2) is 8.08. The van der Waals surface area contributed by atoms with Crippen molar-refractivity contribution in [2.24, 2.45) is 0 Å². The van der Waals surface area contributed by atoms with Crippen molar-refractivity contribution in [1.29, 1.82) is 0 Å². The molecular formula is C18H23NOS. The Morgan fingerprint density at radius 1 is 1.19 bits per heavy atom. The summed E-state index contributed by atoms with van der Waals surface area (Å²) in [5.41, 5.74) is 1.15. The van der Waals surface area contributed by atoms with Gasteiger partial charge >= 0.3 is 0 Å². The van der Waals surface area contributed by atoms with Crippen LogP contribution in [0.3, 0.4) is 0 Å². The number of benzene rings is 2. The number of carbonyl (C=O) groups excluding carboxylic acids is 1. The van der Waals surface area contributed by atoms with E-state index in [1.807, 2.05) is 19.1 Å². The Bertz CT molecular complexity index is 597. The van der Waals surface area contributed by atoms with E-state index >= 15 is 0 Å². The fraction of sp³-hybridized carbons (Fsp3) is 0.389. The van der Waals surface area contributed by atoms with Crippen molar-refractivity contribution in [2.75, 3.05) is 11.5 Å². The third-order valence-electron chi connectivity index (χ3n) is 3.53. The van der Waals surface area contributed by atoms with Gasteiger partial charge in [0.1, 0.15) is 0 Å². The molecule has 0 radical (unpaired) electrons. The third kappa shape index (κ3) is 4.78. The minimum atomic E-state index is 0.0499. The lowest BCUT2D eigenvalue weighted by atomic mass is 10.0. The van der Waals surface area contributed by atoms with Gasteiger partial charge in [0.05, 0.1) is 11.8 Å². The van der Waals surface area contributed by atoms with Gasteiger partial charge in [-0.25, -0.2) is 0 Å². The average Bonchev–Trinajstić information content (AvgIpc) is 2.51. The van der Waals surface area contributed by atoms with Gasteiger partial charge in [-0.05, 0) is 41.5 Å². The summed E-state index contributed by atoms with van der Waals surface area (Å²) in [4.78, 5) is 11.9. The highest BCUT2D eigenvalue weighted by Gasteiger charge is 2.09. The van der Waals surface area contributed by atoms with Gasteiger partial charge in [-0.1, -0.05) is 49.7 Å². The summed E-state index contributed by atoms with van der Waals surface area (Å²) in [7, 11) is 0. The van der Waals surface area contributed by atoms with Gasteiger partial charge in [-0.15, -0.1) is 0 Å². The van der Waals surface area contributed by atoms with Gasteiger partial charge < -0.3 is 5.32 Å². The molecule has 2 aromatic rings. The van der Waals surface area contributed by atoms with Crippen LogP contribution in [0.4, 0.5) is 0 Å². The molecule has 1 atom stereocenters. The summed E-state index contributed by atoms with van der Waals surface area (Å²) in [6, 6.07) is 14.7. The van der Waals surface area contributed by atoms with E-state index in [1.165, 1.54) is 23.6 Å². The zero-order valence-corrected chi connectivity index (χ0v) is 13.6. The largest absolute Gasteiger partial charge is 0.349 e. The van der Waals surface area contributed by atoms with Crippen LogP contribution in [0, 0.1) is 0 Å². The summed E-state index contributed by atoms with van der Waals surface area (Å²) < 4.78 is 0. The molecule has 2 nitrogen and oxygen atoms in total. The summed E-state index contributed by atoms with van der Waals surface area (Å²) in [6.45, 7) is 4.21. The molecule has 0 heterocycles. The summed E-state index contributed by atoms with van der Waals surface area (Å²) in [6.07, 6.45) is 2.36. The van der Waals surface area contributed by atoms with Crippen LogP contribution in [0.25, 0.3) is 10.8 Å². The SMILES string of the molecule is CCCCSCC(=O)NC(C)c1ccc2ccccc2c1. The standard InChI is InChI=1S/C18H23NOS/c1-3-4-11-21-13-18(20)19-14(2)16-10-9-15-7-5-6-8-17(15)12-16/h5-10,12,14H,3-4,11,13H2,1-2H3,(H,19,20). The molecule has 1 N–H and O–H groups in total. The number of rotatable bonds is 7. The van der Waals surface area contributed by atoms with Gasteiger partial charge in [0, 0.05) is 0 Å². The molecule has 3 heteroatoms. The predicted octanol–water partition coefficient (Wildman–Crippen LogP) is 4.55. The molecule has 0 saturated carbocycles. The molecule has 0 aliphatic heterocycles. The van der Waals surface area contributed by atoms with Crippen molar-refractivity contribution in [2.45, 2.75) is 32.7 Å². The molecule has 21 heavy (non-hydrogen) atoms. The second-order valence-corrected chi connectivity index (χ2v) is 6.41. The molecule has 0 spiro atoms. The lowest BCUT2D eigenvalue weighted by Gasteiger charge is -2.15. The Kier molecular flexibility index (Phi) is 6.12. The lowest BCUT2D eigenvalue weighted by molar-refractivity contribution is -0.119. The van der Waals surface area contributed by atoms with Crippen molar-refractivity contribution < 1.29 is 4.79 Å². The summed E-state index contributed by atoms with van der Waals surface area (Å²) in [5.74, 6) is 1.74. The van der Waals surface area contributed by atoms with E-state index in [1.54, 1.807) is 11.8 Å². The maximum absolute atomic E-state index is 11.9. The molecule has 1 amide bonds. The van der Waals surface area contributed by atoms with Crippen LogP contribution in [-0.4, -0.2) is 17.4 Å². The number of nitrogens with one attached hydrogen (secondary N) is 1. The zero-order chi connectivity index (χ0) is 15.1. The minimum Gasteiger partial charge on any atom is -0.349 e. The van der Waals surface area contributed by atoms with E-state index < -0.39 is 0 Å². The van der Waals surface area contributed by atoms with Crippen molar-refractivity contribution >= 4 is 28.4 Å². The monoisotopic (exact) mass is 301 g/mol. The molecule has 0 aliphatic carbocycles. The molecule has 2 rings (SSSR count). The molecule has 112 valence electrons. The fourth-order valence-electron chi connectivity index (χ4n) is 2.25. The predicted molar refractivity (Wildman–Crippen MR) is 92.7 cm³/mol. The zero-order valence-electron chi connectivity index (χ0n) is 12.8. The van der Waals surface area contributed by atoms with Crippen LogP contribution in [0.2, 0.25) is 0 Å². The molecule has 2 aromatic carbocycles. The molecule has 0 fully saturated rings. The van der Waals surface area contributed by atoms with Gasteiger partial charge in [-0.2, -0.15) is 11.8 Å². The number of carbonyl (C=O) groups is 1. The first-order chi connectivity index (χ1) is 10.2. The number of fused-ring (bicyclic) bond motifs is 1. The summed E-state index contributed by atoms with van der Waals surface area (Å²) >= 11 is 1.71. The van der Waals surface area contributed by atoms with Crippen LogP contribution in [0.15, 0.2) is 42.5 Å². The topological polar surface area (TPSA) is 29.1 Å². The van der Waals surface area contributed by atoms with Gasteiger partial charge in [0.2, 0.25) is 5.91 Å². The molecule has 0 saturated heterocycles. The second-order valence-electron chi connectivity index (χ2n) is 5.30. The van der Waals surface area contributed by atoms with Crippen LogP contribution < -0.4 is 5.32 Å². The average molecular weight is 301 g/mol. The Labute approximate surface area is 131 Å². The number of hydrogen-bond donors (Lipinski definition) is 1. The van der Waals surface area contributed by atoms with E-state index in [4.69, 9.17) is 0 Å². The molecule has 0 aliphatic rings. The van der Waals surface area contributed by atoms with Gasteiger partial charge in [0.25, 0.3) is 0 Å². The minimum absolute atomic E-state index is 0.0499. The maximum atomic E-state index is 11.9. The van der Waals surface area contributed by atoms with Crippen LogP contribution in [0.1, 0.15) is 38.3 Å². The highest BCUT2D eigenvalue weighted by Crippen LogP contribution is 2.20. The van der Waals surface area contributed by atoms with Crippen molar-refractivity contribution in [3.05, 3.63) is 48.0 Å². The first-order valence-electron chi connectivity index (χ1n) is 7.56. The number of unbranched alkanes of at least 4 members (excludes halogenated alkanes) is 1. The van der Waals surface area contributed by atoms with E-state index in [-0.39, 0.29) is 11.9 Å². The quantitative estimate of drug-likeness (QED) is 0.760. The van der Waals surface area contributed by atoms with Crippen molar-refractivity contribution in [3.8, 4) is 0 Å². The number of amides is 1. The molecule has 1 unspecified atom stereocenters. The summed E-state index contributed by atoms with van der Waals surface area (Å²) in [5, 5.41) is 5.53. The van der Waals surface area contributed by atoms with Crippen molar-refractivity contribution in [3.63, 3.8) is 0 Å². The highest BCUT2D eigenvalue weighted by atomic mass is 32.2. The van der Waals surface area contributed by atoms with Gasteiger partial charge in [0.15, 0.2) is 0 Å².